The van der Waals surface area contributed by atoms with E-state index in [0.717, 1.165) is 89.9 Å². The van der Waals surface area contributed by atoms with Crippen LogP contribution in [-0.2, 0) is 28.6 Å². The van der Waals surface area contributed by atoms with Gasteiger partial charge in [0.2, 0.25) is 0 Å². The smallest absolute Gasteiger partial charge is 0.306 e. The number of carbonyl (C=O) groups excluding carboxylic acids is 3. The highest BCUT2D eigenvalue weighted by molar-refractivity contribution is 5.71. The molecule has 0 radical (unpaired) electrons. The molecule has 0 aliphatic rings. The maximum Gasteiger partial charge on any atom is 0.306 e. The SMILES string of the molecule is CC\C=C/C=C\C=C/C=C\C=C/CCCCCC(=O)OCC(COC(=O)CCCCCC/C=C\CCCC)OC(=O)CCCCCCCCCCCCCCCCC. The molecule has 0 N–H and O–H groups in total. The Bertz CT molecular complexity index is 1110. The predicted octanol–water partition coefficient (Wildman–Crippen LogP) is 15.5. The van der Waals surface area contributed by atoms with Gasteiger partial charge in [0.15, 0.2) is 6.10 Å². The number of hydrogen-bond donors (Lipinski definition) is 0. The Kier molecular flexibility index (Phi) is 44.0. The van der Waals surface area contributed by atoms with E-state index < -0.39 is 6.10 Å². The number of rotatable bonds is 42. The molecule has 0 bridgehead atoms. The summed E-state index contributed by atoms with van der Waals surface area (Å²) in [6, 6.07) is 0. The fourth-order valence-corrected chi connectivity index (χ4v) is 6.44. The molecule has 0 aromatic heterocycles. The lowest BCUT2D eigenvalue weighted by atomic mass is 10.0. The van der Waals surface area contributed by atoms with Gasteiger partial charge in [-0.15, -0.1) is 0 Å². The van der Waals surface area contributed by atoms with Gasteiger partial charge in [0.05, 0.1) is 0 Å². The number of esters is 3. The molecular formula is C52H88O6. The molecule has 1 unspecified atom stereocenters. The Morgan fingerprint density at radius 3 is 1.17 bits per heavy atom. The molecule has 0 rings (SSSR count). The number of allylic oxidation sites excluding steroid dienone is 12. The van der Waals surface area contributed by atoms with Crippen LogP contribution in [0.25, 0.3) is 0 Å². The Labute approximate surface area is 357 Å². The Balaban J connectivity index is 4.45. The van der Waals surface area contributed by atoms with Crippen molar-refractivity contribution in [3.63, 3.8) is 0 Å². The molecule has 1 atom stereocenters. The highest BCUT2D eigenvalue weighted by atomic mass is 16.6. The van der Waals surface area contributed by atoms with Crippen LogP contribution in [0.2, 0.25) is 0 Å². The lowest BCUT2D eigenvalue weighted by molar-refractivity contribution is -0.167. The van der Waals surface area contributed by atoms with Crippen LogP contribution in [-0.4, -0.2) is 37.2 Å². The molecule has 0 aromatic carbocycles. The highest BCUT2D eigenvalue weighted by Crippen LogP contribution is 2.15. The molecule has 0 fully saturated rings. The summed E-state index contributed by atoms with van der Waals surface area (Å²) in [5.74, 6) is -0.950. The molecule has 0 aromatic rings. The fraction of sp³-hybridized carbons (Fsp3) is 0.712. The summed E-state index contributed by atoms with van der Waals surface area (Å²) in [4.78, 5) is 37.8. The number of ether oxygens (including phenoxy) is 3. The summed E-state index contributed by atoms with van der Waals surface area (Å²) < 4.78 is 16.7. The summed E-state index contributed by atoms with van der Waals surface area (Å²) in [6.45, 7) is 6.40. The fourth-order valence-electron chi connectivity index (χ4n) is 6.44. The topological polar surface area (TPSA) is 78.9 Å². The number of carbonyl (C=O) groups is 3. The van der Waals surface area contributed by atoms with Gasteiger partial charge in [0, 0.05) is 19.3 Å². The summed E-state index contributed by atoms with van der Waals surface area (Å²) in [5, 5.41) is 0. The molecular weight excluding hydrogens is 721 g/mol. The third-order valence-corrected chi connectivity index (χ3v) is 10.1. The molecule has 0 saturated heterocycles. The van der Waals surface area contributed by atoms with Crippen LogP contribution in [0.5, 0.6) is 0 Å². The minimum absolute atomic E-state index is 0.0944. The Hall–Kier alpha value is -3.15. The zero-order valence-electron chi connectivity index (χ0n) is 37.8. The summed E-state index contributed by atoms with van der Waals surface area (Å²) in [5.41, 5.74) is 0. The van der Waals surface area contributed by atoms with Gasteiger partial charge in [0.25, 0.3) is 0 Å². The van der Waals surface area contributed by atoms with Gasteiger partial charge in [-0.05, 0) is 57.8 Å². The lowest BCUT2D eigenvalue weighted by Crippen LogP contribution is -2.30. The van der Waals surface area contributed by atoms with E-state index in [1.165, 1.54) is 89.9 Å². The van der Waals surface area contributed by atoms with Crippen LogP contribution < -0.4 is 0 Å². The van der Waals surface area contributed by atoms with Gasteiger partial charge < -0.3 is 14.2 Å². The average Bonchev–Trinajstić information content (AvgIpc) is 3.22. The van der Waals surface area contributed by atoms with Crippen molar-refractivity contribution in [1.29, 1.82) is 0 Å². The van der Waals surface area contributed by atoms with Crippen molar-refractivity contribution in [3.05, 3.63) is 72.9 Å². The molecule has 0 amide bonds. The van der Waals surface area contributed by atoms with E-state index in [1.54, 1.807) is 0 Å². The average molecular weight is 809 g/mol. The monoisotopic (exact) mass is 809 g/mol. The lowest BCUT2D eigenvalue weighted by Gasteiger charge is -2.18. The highest BCUT2D eigenvalue weighted by Gasteiger charge is 2.19. The molecule has 0 saturated carbocycles. The summed E-state index contributed by atoms with van der Waals surface area (Å²) in [7, 11) is 0. The van der Waals surface area contributed by atoms with Crippen molar-refractivity contribution in [2.24, 2.45) is 0 Å². The van der Waals surface area contributed by atoms with Gasteiger partial charge in [0.1, 0.15) is 13.2 Å². The Morgan fingerprint density at radius 1 is 0.362 bits per heavy atom. The molecule has 0 aliphatic heterocycles. The normalized spacial score (nSPS) is 12.7. The zero-order chi connectivity index (χ0) is 42.3. The van der Waals surface area contributed by atoms with E-state index in [0.29, 0.717) is 19.3 Å². The van der Waals surface area contributed by atoms with E-state index in [4.69, 9.17) is 14.2 Å². The van der Waals surface area contributed by atoms with Crippen LogP contribution in [0.3, 0.4) is 0 Å². The van der Waals surface area contributed by atoms with Crippen LogP contribution in [0, 0.1) is 0 Å². The van der Waals surface area contributed by atoms with Gasteiger partial charge in [-0.2, -0.15) is 0 Å². The molecule has 6 nitrogen and oxygen atoms in total. The van der Waals surface area contributed by atoms with E-state index >= 15 is 0 Å². The summed E-state index contributed by atoms with van der Waals surface area (Å²) in [6.07, 6.45) is 57.4. The minimum Gasteiger partial charge on any atom is -0.462 e. The molecule has 58 heavy (non-hydrogen) atoms. The van der Waals surface area contributed by atoms with Crippen molar-refractivity contribution in [2.75, 3.05) is 13.2 Å². The maximum atomic E-state index is 12.8. The second-order valence-electron chi connectivity index (χ2n) is 15.8. The summed E-state index contributed by atoms with van der Waals surface area (Å²) >= 11 is 0. The first-order chi connectivity index (χ1) is 28.5. The first kappa shape index (κ1) is 54.9. The largest absolute Gasteiger partial charge is 0.462 e. The molecule has 0 heterocycles. The Morgan fingerprint density at radius 2 is 0.707 bits per heavy atom. The van der Waals surface area contributed by atoms with Gasteiger partial charge in [-0.1, -0.05) is 216 Å². The maximum absolute atomic E-state index is 12.8. The van der Waals surface area contributed by atoms with Crippen molar-refractivity contribution < 1.29 is 28.6 Å². The first-order valence-corrected chi connectivity index (χ1v) is 24.0. The van der Waals surface area contributed by atoms with E-state index in [1.807, 2.05) is 48.6 Å². The minimum atomic E-state index is -0.793. The zero-order valence-corrected chi connectivity index (χ0v) is 37.8. The van der Waals surface area contributed by atoms with E-state index in [-0.39, 0.29) is 31.1 Å². The van der Waals surface area contributed by atoms with Crippen molar-refractivity contribution in [3.8, 4) is 0 Å². The quantitative estimate of drug-likeness (QED) is 0.0201. The van der Waals surface area contributed by atoms with Crippen LogP contribution in [0.1, 0.15) is 220 Å². The second-order valence-corrected chi connectivity index (χ2v) is 15.8. The van der Waals surface area contributed by atoms with Crippen molar-refractivity contribution in [2.45, 2.75) is 226 Å². The van der Waals surface area contributed by atoms with Crippen molar-refractivity contribution >= 4 is 17.9 Å². The third kappa shape index (κ3) is 44.0. The van der Waals surface area contributed by atoms with Crippen molar-refractivity contribution in [1.82, 2.24) is 0 Å². The molecule has 0 aliphatic carbocycles. The number of hydrogen-bond acceptors (Lipinski definition) is 6. The molecule has 0 spiro atoms. The van der Waals surface area contributed by atoms with Crippen LogP contribution in [0.15, 0.2) is 72.9 Å². The van der Waals surface area contributed by atoms with Crippen LogP contribution in [0.4, 0.5) is 0 Å². The predicted molar refractivity (Wildman–Crippen MR) is 247 cm³/mol. The standard InChI is InChI=1S/C52H88O6/c1-4-7-10-13-16-19-22-24-26-28-30-33-36-39-42-45-51(54)57-48-49(47-56-50(53)44-41-38-35-32-21-18-15-12-9-6-3)58-52(55)46-43-40-37-34-31-29-27-25-23-20-17-14-11-8-5-2/h7,10,13,15-16,18-19,22,24,26,28,30,49H,4-6,8-9,11-12,14,17,20-21,23,25,27,29,31-48H2,1-3H3/b10-7-,16-13-,18-15-,22-19-,26-24-,30-28-. The van der Waals surface area contributed by atoms with E-state index in [9.17, 15) is 14.4 Å². The van der Waals surface area contributed by atoms with Gasteiger partial charge in [-0.3, -0.25) is 14.4 Å². The van der Waals surface area contributed by atoms with Crippen LogP contribution >= 0.6 is 0 Å². The molecule has 332 valence electrons. The van der Waals surface area contributed by atoms with Gasteiger partial charge in [-0.25, -0.2) is 0 Å². The van der Waals surface area contributed by atoms with E-state index in [2.05, 4.69) is 45.1 Å². The third-order valence-electron chi connectivity index (χ3n) is 10.1. The second kappa shape index (κ2) is 46.5. The first-order valence-electron chi connectivity index (χ1n) is 24.0. The number of unbranched alkanes of at least 4 members (excludes halogenated alkanes) is 23. The van der Waals surface area contributed by atoms with Gasteiger partial charge >= 0.3 is 17.9 Å². The molecule has 6 heteroatoms.